The maximum absolute atomic E-state index is 13.7. The molecule has 0 atom stereocenters. The lowest BCUT2D eigenvalue weighted by molar-refractivity contribution is -0.642. The molecule has 0 unspecified atom stereocenters. The Morgan fingerprint density at radius 2 is 1.79 bits per heavy atom. The van der Waals surface area contributed by atoms with Crippen LogP contribution in [0.1, 0.15) is 11.9 Å². The average molecular weight is 481 g/mol. The minimum atomic E-state index is -0.260. The molecule has 0 radical (unpaired) electrons. The summed E-state index contributed by atoms with van der Waals surface area (Å²) in [7, 11) is 5.85. The van der Waals surface area contributed by atoms with Crippen LogP contribution in [0.4, 0.5) is 4.39 Å². The van der Waals surface area contributed by atoms with Gasteiger partial charge >= 0.3 is 0 Å². The van der Waals surface area contributed by atoms with Crippen molar-refractivity contribution in [1.29, 1.82) is 0 Å². The number of hydrogen-bond acceptors (Lipinski definition) is 4. The second-order valence-corrected chi connectivity index (χ2v) is 9.90. The zero-order valence-corrected chi connectivity index (χ0v) is 20.4. The van der Waals surface area contributed by atoms with Gasteiger partial charge in [-0.05, 0) is 31.2 Å². The maximum atomic E-state index is 13.7. The molecule has 0 aliphatic rings. The van der Waals surface area contributed by atoms with Crippen LogP contribution in [0.15, 0.2) is 52.3 Å². The summed E-state index contributed by atoms with van der Waals surface area (Å²) >= 11 is 2.98. The first-order valence-electron chi connectivity index (χ1n) is 10.5. The van der Waals surface area contributed by atoms with Crippen molar-refractivity contribution in [3.05, 3.63) is 78.5 Å². The largest absolute Gasteiger partial charge is 0.313 e. The molecule has 168 valence electrons. The summed E-state index contributed by atoms with van der Waals surface area (Å²) in [4.78, 5) is 17.7. The molecule has 0 spiro atoms. The Morgan fingerprint density at radius 1 is 1.09 bits per heavy atom. The maximum Gasteiger partial charge on any atom is 0.270 e. The van der Waals surface area contributed by atoms with E-state index in [-0.39, 0.29) is 11.4 Å². The van der Waals surface area contributed by atoms with Gasteiger partial charge in [0, 0.05) is 26.7 Å². The molecule has 9 heteroatoms. The number of aromatic nitrogens is 4. The Hall–Kier alpha value is -3.30. The van der Waals surface area contributed by atoms with Gasteiger partial charge in [-0.15, -0.1) is 11.3 Å². The third-order valence-electron chi connectivity index (χ3n) is 5.83. The molecule has 0 saturated heterocycles. The van der Waals surface area contributed by atoms with E-state index in [0.717, 1.165) is 36.5 Å². The number of hydrogen-bond donors (Lipinski definition) is 0. The first kappa shape index (κ1) is 21.5. The molecule has 33 heavy (non-hydrogen) atoms. The number of para-hydroxylation sites is 2. The van der Waals surface area contributed by atoms with Gasteiger partial charge in [0.15, 0.2) is 0 Å². The molecule has 0 amide bonds. The Kier molecular flexibility index (Phi) is 5.38. The number of thiazole rings is 2. The number of fused-ring (bicyclic) bond motifs is 2. The quantitative estimate of drug-likeness (QED) is 0.365. The highest BCUT2D eigenvalue weighted by atomic mass is 32.1. The molecule has 5 rings (SSSR count). The molecule has 3 heterocycles. The number of benzene rings is 2. The van der Waals surface area contributed by atoms with E-state index in [1.54, 1.807) is 28.2 Å². The molecule has 0 aliphatic heterocycles. The van der Waals surface area contributed by atoms with Crippen molar-refractivity contribution in [3.63, 3.8) is 0 Å². The van der Waals surface area contributed by atoms with Crippen LogP contribution in [0.25, 0.3) is 33.5 Å². The van der Waals surface area contributed by atoms with Crippen molar-refractivity contribution in [3.8, 4) is 0 Å². The number of nitrogens with zero attached hydrogens (tertiary/aromatic N) is 5. The summed E-state index contributed by atoms with van der Waals surface area (Å²) in [6.07, 6.45) is 3.65. The number of halogens is 1. The van der Waals surface area contributed by atoms with Crippen LogP contribution in [-0.4, -0.2) is 13.7 Å². The SMILES string of the molecule is CCn1c(=O)/c(=C/N=c2n(C)c3ccccc3n2C)s/c1=C\c1sc2ccc(F)cc2[n+]1C. The molecule has 5 aromatic rings. The fourth-order valence-corrected chi connectivity index (χ4v) is 6.23. The van der Waals surface area contributed by atoms with Crippen molar-refractivity contribution in [2.75, 3.05) is 0 Å². The average Bonchev–Trinajstić information content (AvgIpc) is 3.37. The topological polar surface area (TPSA) is 48.1 Å². The Morgan fingerprint density at radius 3 is 2.45 bits per heavy atom. The van der Waals surface area contributed by atoms with E-state index >= 15 is 0 Å². The van der Waals surface area contributed by atoms with Crippen molar-refractivity contribution < 1.29 is 8.96 Å². The highest BCUT2D eigenvalue weighted by Crippen LogP contribution is 2.21. The molecule has 2 aromatic carbocycles. The van der Waals surface area contributed by atoms with Gasteiger partial charge in [0.2, 0.25) is 11.1 Å². The summed E-state index contributed by atoms with van der Waals surface area (Å²) in [5, 5.41) is 0.947. The summed E-state index contributed by atoms with van der Waals surface area (Å²) in [6, 6.07) is 12.9. The van der Waals surface area contributed by atoms with Gasteiger partial charge in [0.05, 0.1) is 23.3 Å². The highest BCUT2D eigenvalue weighted by Gasteiger charge is 2.16. The van der Waals surface area contributed by atoms with Crippen molar-refractivity contribution in [1.82, 2.24) is 13.7 Å². The van der Waals surface area contributed by atoms with Crippen LogP contribution < -0.4 is 24.9 Å². The van der Waals surface area contributed by atoms with Crippen LogP contribution in [0.2, 0.25) is 0 Å². The monoisotopic (exact) mass is 480 g/mol. The predicted octanol–water partition coefficient (Wildman–Crippen LogP) is 2.11. The summed E-state index contributed by atoms with van der Waals surface area (Å²) < 4.78 is 23.8. The predicted molar refractivity (Wildman–Crippen MR) is 132 cm³/mol. The second-order valence-electron chi connectivity index (χ2n) is 7.77. The molecular weight excluding hydrogens is 457 g/mol. The molecule has 6 nitrogen and oxygen atoms in total. The molecule has 0 bridgehead atoms. The van der Waals surface area contributed by atoms with Gasteiger partial charge in [-0.25, -0.2) is 9.38 Å². The Balaban J connectivity index is 1.70. The summed E-state index contributed by atoms with van der Waals surface area (Å²) in [6.45, 7) is 2.51. The summed E-state index contributed by atoms with van der Waals surface area (Å²) in [5.41, 5.74) is 3.68. The van der Waals surface area contributed by atoms with Gasteiger partial charge in [-0.3, -0.25) is 9.36 Å². The standard InChI is InChI=1S/C24H23FN5OS2/c1-5-30-22(13-21-27(2)18-12-15(25)10-11-19(18)32-21)33-20(23(30)31)14-26-24-28(3)16-8-6-7-9-17(16)29(24)4/h6-14H,5H2,1-4H3/q+1/b20-14-. The molecule has 0 saturated carbocycles. The fraction of sp³-hybridized carbons (Fsp3) is 0.208. The van der Waals surface area contributed by atoms with Gasteiger partial charge in [-0.1, -0.05) is 23.5 Å². The van der Waals surface area contributed by atoms with E-state index in [2.05, 4.69) is 4.99 Å². The molecule has 3 aromatic heterocycles. The lowest BCUT2D eigenvalue weighted by Crippen LogP contribution is -2.33. The third-order valence-corrected chi connectivity index (χ3v) is 8.04. The lowest BCUT2D eigenvalue weighted by Gasteiger charge is -1.93. The fourth-order valence-electron chi connectivity index (χ4n) is 4.07. The van der Waals surface area contributed by atoms with Crippen LogP contribution in [0, 0.1) is 5.82 Å². The van der Waals surface area contributed by atoms with Crippen LogP contribution in [0.3, 0.4) is 0 Å². The van der Waals surface area contributed by atoms with Crippen molar-refractivity contribution in [2.24, 2.45) is 26.1 Å². The van der Waals surface area contributed by atoms with E-state index in [1.807, 2.05) is 72.1 Å². The van der Waals surface area contributed by atoms with E-state index in [9.17, 15) is 9.18 Å². The van der Waals surface area contributed by atoms with Gasteiger partial charge in [-0.2, -0.15) is 4.57 Å². The van der Waals surface area contributed by atoms with Crippen LogP contribution in [-0.2, 0) is 27.7 Å². The molecule has 0 fully saturated rings. The van der Waals surface area contributed by atoms with Crippen LogP contribution >= 0.6 is 22.7 Å². The smallest absolute Gasteiger partial charge is 0.270 e. The Labute approximate surface area is 196 Å². The van der Waals surface area contributed by atoms with Gasteiger partial charge in [0.25, 0.3) is 10.6 Å². The molecule has 0 N–H and O–H groups in total. The molecular formula is C24H23FN5OS2+. The van der Waals surface area contributed by atoms with Gasteiger partial charge in [0.1, 0.15) is 26.8 Å². The van der Waals surface area contributed by atoms with Crippen molar-refractivity contribution >= 4 is 56.2 Å². The van der Waals surface area contributed by atoms with E-state index in [0.29, 0.717) is 11.1 Å². The van der Waals surface area contributed by atoms with Crippen molar-refractivity contribution in [2.45, 2.75) is 13.5 Å². The zero-order valence-electron chi connectivity index (χ0n) is 18.7. The normalized spacial score (nSPS) is 13.0. The minimum Gasteiger partial charge on any atom is -0.313 e. The third kappa shape index (κ3) is 3.57. The summed E-state index contributed by atoms with van der Waals surface area (Å²) in [5.74, 6) is -0.260. The van der Waals surface area contributed by atoms with Crippen LogP contribution in [0.5, 0.6) is 0 Å². The number of aryl methyl sites for hydroxylation is 3. The van der Waals surface area contributed by atoms with E-state index in [4.69, 9.17) is 0 Å². The second kappa shape index (κ2) is 8.24. The first-order chi connectivity index (χ1) is 15.9. The molecule has 0 aliphatic carbocycles. The van der Waals surface area contributed by atoms with E-state index < -0.39 is 0 Å². The Bertz CT molecular complexity index is 1740. The number of imidazole rings is 1. The van der Waals surface area contributed by atoms with Gasteiger partial charge < -0.3 is 9.13 Å². The highest BCUT2D eigenvalue weighted by molar-refractivity contribution is 7.19. The zero-order chi connectivity index (χ0) is 23.3. The first-order valence-corrected chi connectivity index (χ1v) is 12.2. The number of rotatable bonds is 3. The van der Waals surface area contributed by atoms with E-state index in [1.165, 1.54) is 23.5 Å². The minimum absolute atomic E-state index is 0.0614. The lowest BCUT2D eigenvalue weighted by atomic mass is 10.3.